The molecule has 9 heteroatoms. The third kappa shape index (κ3) is 4.71. The van der Waals surface area contributed by atoms with Gasteiger partial charge in [-0.2, -0.15) is 0 Å². The molecule has 0 unspecified atom stereocenters. The highest BCUT2D eigenvalue weighted by molar-refractivity contribution is 7.93. The predicted molar refractivity (Wildman–Crippen MR) is 109 cm³/mol. The number of hydrogen-bond donors (Lipinski definition) is 2. The lowest BCUT2D eigenvalue weighted by Gasteiger charge is -2.32. The molecule has 1 fully saturated rings. The van der Waals surface area contributed by atoms with Crippen LogP contribution in [0.2, 0.25) is 0 Å². The molecule has 0 radical (unpaired) electrons. The highest BCUT2D eigenvalue weighted by Crippen LogP contribution is 2.27. The fourth-order valence-corrected chi connectivity index (χ4v) is 5.60. The Bertz CT molecular complexity index is 959. The van der Waals surface area contributed by atoms with Crippen LogP contribution in [0.15, 0.2) is 40.6 Å². The van der Waals surface area contributed by atoms with E-state index in [4.69, 9.17) is 0 Å². The average Bonchev–Trinajstić information content (AvgIpc) is 3.14. The Kier molecular flexibility index (Phi) is 6.04. The van der Waals surface area contributed by atoms with E-state index in [0.29, 0.717) is 31.6 Å². The first kappa shape index (κ1) is 20.3. The Hall–Kier alpha value is -2.39. The van der Waals surface area contributed by atoms with Crippen LogP contribution in [0.4, 0.5) is 5.69 Å². The zero-order chi connectivity index (χ0) is 20.3. The van der Waals surface area contributed by atoms with Crippen molar-refractivity contribution in [3.8, 4) is 0 Å². The van der Waals surface area contributed by atoms with Crippen LogP contribution in [0.5, 0.6) is 0 Å². The molecule has 1 aliphatic heterocycles. The van der Waals surface area contributed by atoms with Crippen molar-refractivity contribution in [3.63, 3.8) is 0 Å². The van der Waals surface area contributed by atoms with E-state index in [-0.39, 0.29) is 27.6 Å². The Morgan fingerprint density at radius 1 is 1.11 bits per heavy atom. The van der Waals surface area contributed by atoms with Crippen LogP contribution in [0.3, 0.4) is 0 Å². The summed E-state index contributed by atoms with van der Waals surface area (Å²) in [5, 5.41) is 4.47. The molecule has 0 aliphatic carbocycles. The number of carbonyl (C=O) groups is 2. The molecule has 3 rings (SSSR count). The van der Waals surface area contributed by atoms with Gasteiger partial charge < -0.3 is 10.2 Å². The number of likely N-dealkylation sites (tertiary alicyclic amines) is 1. The van der Waals surface area contributed by atoms with Gasteiger partial charge in [-0.1, -0.05) is 17.7 Å². The first-order chi connectivity index (χ1) is 13.3. The number of amides is 2. The van der Waals surface area contributed by atoms with Crippen LogP contribution in [0, 0.1) is 6.92 Å². The minimum Gasteiger partial charge on any atom is -0.353 e. The maximum Gasteiger partial charge on any atom is 0.265 e. The number of aryl methyl sites for hydroxylation is 1. The van der Waals surface area contributed by atoms with Crippen LogP contribution >= 0.6 is 11.3 Å². The number of anilines is 1. The monoisotopic (exact) mass is 421 g/mol. The zero-order valence-electron chi connectivity index (χ0n) is 15.8. The molecule has 0 spiro atoms. The van der Waals surface area contributed by atoms with Crippen molar-refractivity contribution in [2.45, 2.75) is 37.6 Å². The third-order valence-corrected chi connectivity index (χ3v) is 7.06. The van der Waals surface area contributed by atoms with Gasteiger partial charge in [0.05, 0.1) is 0 Å². The molecule has 1 saturated heterocycles. The molecule has 1 aromatic heterocycles. The lowest BCUT2D eigenvalue weighted by atomic mass is 10.0. The smallest absolute Gasteiger partial charge is 0.265 e. The van der Waals surface area contributed by atoms with E-state index in [0.717, 1.165) is 16.9 Å². The summed E-state index contributed by atoms with van der Waals surface area (Å²) in [6.07, 6.45) is 1.31. The summed E-state index contributed by atoms with van der Waals surface area (Å²) in [6.45, 7) is 4.35. The zero-order valence-corrected chi connectivity index (χ0v) is 17.4. The Labute approximate surface area is 168 Å². The summed E-state index contributed by atoms with van der Waals surface area (Å²) >= 11 is 1.12. The molecule has 2 N–H and O–H groups in total. The number of piperidine rings is 1. The number of rotatable bonds is 5. The minimum atomic E-state index is -3.87. The van der Waals surface area contributed by atoms with Gasteiger partial charge in [0, 0.05) is 31.7 Å². The molecule has 2 aromatic rings. The van der Waals surface area contributed by atoms with E-state index in [1.165, 1.54) is 13.0 Å². The topological polar surface area (TPSA) is 95.6 Å². The van der Waals surface area contributed by atoms with Crippen molar-refractivity contribution in [1.82, 2.24) is 10.2 Å². The minimum absolute atomic E-state index is 0.00735. The predicted octanol–water partition coefficient (Wildman–Crippen LogP) is 2.60. The summed E-state index contributed by atoms with van der Waals surface area (Å²) in [5.74, 6) is -0.376. The lowest BCUT2D eigenvalue weighted by Crippen LogP contribution is -2.46. The first-order valence-corrected chi connectivity index (χ1v) is 11.4. The van der Waals surface area contributed by atoms with Crippen molar-refractivity contribution in [3.05, 3.63) is 46.2 Å². The molecule has 0 saturated carbocycles. The Balaban J connectivity index is 1.73. The van der Waals surface area contributed by atoms with Crippen molar-refractivity contribution in [1.29, 1.82) is 0 Å². The molecule has 0 bridgehead atoms. The highest BCUT2D eigenvalue weighted by atomic mass is 32.2. The van der Waals surface area contributed by atoms with Crippen LogP contribution in [0.1, 0.15) is 35.0 Å². The number of nitrogens with one attached hydrogen (secondary N) is 2. The summed E-state index contributed by atoms with van der Waals surface area (Å²) in [4.78, 5) is 25.9. The van der Waals surface area contributed by atoms with E-state index in [9.17, 15) is 18.0 Å². The Morgan fingerprint density at radius 3 is 2.36 bits per heavy atom. The number of hydrogen-bond acceptors (Lipinski definition) is 5. The van der Waals surface area contributed by atoms with Crippen molar-refractivity contribution in [2.24, 2.45) is 0 Å². The number of sulfonamides is 1. The van der Waals surface area contributed by atoms with Crippen LogP contribution in [-0.4, -0.2) is 44.3 Å². The summed E-state index contributed by atoms with van der Waals surface area (Å²) in [5.41, 5.74) is 1.48. The van der Waals surface area contributed by atoms with Gasteiger partial charge in [-0.15, -0.1) is 11.3 Å². The second kappa shape index (κ2) is 8.32. The van der Waals surface area contributed by atoms with Crippen LogP contribution in [0.25, 0.3) is 0 Å². The number of nitrogens with zero attached hydrogens (tertiary/aromatic N) is 1. The second-order valence-electron chi connectivity index (χ2n) is 6.85. The summed E-state index contributed by atoms with van der Waals surface area (Å²) in [7, 11) is -3.87. The average molecular weight is 422 g/mol. The van der Waals surface area contributed by atoms with Gasteiger partial charge in [-0.05, 0) is 43.3 Å². The van der Waals surface area contributed by atoms with Gasteiger partial charge in [-0.25, -0.2) is 8.42 Å². The van der Waals surface area contributed by atoms with Crippen molar-refractivity contribution >= 4 is 38.9 Å². The fraction of sp³-hybridized carbons (Fsp3) is 0.368. The van der Waals surface area contributed by atoms with E-state index in [1.54, 1.807) is 22.4 Å². The van der Waals surface area contributed by atoms with Crippen LogP contribution < -0.4 is 10.0 Å². The SMILES string of the molecule is CC(=O)NC1CCN(C(=O)c2sccc2S(=O)(=O)Nc2ccc(C)cc2)CC1. The summed E-state index contributed by atoms with van der Waals surface area (Å²) < 4.78 is 28.1. The van der Waals surface area contributed by atoms with E-state index < -0.39 is 10.0 Å². The van der Waals surface area contributed by atoms with Crippen molar-refractivity contribution < 1.29 is 18.0 Å². The molecule has 2 heterocycles. The van der Waals surface area contributed by atoms with E-state index in [2.05, 4.69) is 10.0 Å². The Morgan fingerprint density at radius 2 is 1.75 bits per heavy atom. The number of thiophene rings is 1. The lowest BCUT2D eigenvalue weighted by molar-refractivity contribution is -0.119. The second-order valence-corrected chi connectivity index (χ2v) is 9.42. The molecule has 1 aromatic carbocycles. The van der Waals surface area contributed by atoms with Gasteiger partial charge in [0.15, 0.2) is 0 Å². The number of carbonyl (C=O) groups excluding carboxylic acids is 2. The molecule has 28 heavy (non-hydrogen) atoms. The third-order valence-electron chi connectivity index (χ3n) is 4.61. The normalized spacial score (nSPS) is 15.3. The summed E-state index contributed by atoms with van der Waals surface area (Å²) in [6, 6.07) is 8.52. The number of benzene rings is 1. The maximum absolute atomic E-state index is 12.9. The molecule has 2 amide bonds. The molecule has 0 atom stereocenters. The van der Waals surface area contributed by atoms with Gasteiger partial charge in [0.25, 0.3) is 15.9 Å². The molecular formula is C19H23N3O4S2. The molecule has 150 valence electrons. The van der Waals surface area contributed by atoms with E-state index in [1.807, 2.05) is 19.1 Å². The molecule has 1 aliphatic rings. The fourth-order valence-electron chi connectivity index (χ4n) is 3.15. The van der Waals surface area contributed by atoms with Gasteiger partial charge in [0.2, 0.25) is 5.91 Å². The molecule has 7 nitrogen and oxygen atoms in total. The maximum atomic E-state index is 12.9. The van der Waals surface area contributed by atoms with Gasteiger partial charge >= 0.3 is 0 Å². The standard InChI is InChI=1S/C19H23N3O4S2/c1-13-3-5-16(6-4-13)21-28(25,26)17-9-12-27-18(17)19(24)22-10-7-15(8-11-22)20-14(2)23/h3-6,9,12,15,21H,7-8,10-11H2,1-2H3,(H,20,23). The van der Waals surface area contributed by atoms with Crippen molar-refractivity contribution in [2.75, 3.05) is 17.8 Å². The molecular weight excluding hydrogens is 398 g/mol. The highest BCUT2D eigenvalue weighted by Gasteiger charge is 2.30. The van der Waals surface area contributed by atoms with Gasteiger partial charge in [-0.3, -0.25) is 14.3 Å². The van der Waals surface area contributed by atoms with E-state index >= 15 is 0 Å². The first-order valence-electron chi connectivity index (χ1n) is 8.99. The van der Waals surface area contributed by atoms with Crippen LogP contribution in [-0.2, 0) is 14.8 Å². The quantitative estimate of drug-likeness (QED) is 0.776. The largest absolute Gasteiger partial charge is 0.353 e. The van der Waals surface area contributed by atoms with Gasteiger partial charge in [0.1, 0.15) is 9.77 Å².